The molecule has 0 fully saturated rings. The summed E-state index contributed by atoms with van der Waals surface area (Å²) in [6, 6.07) is 20.0. The lowest BCUT2D eigenvalue weighted by Crippen LogP contribution is -2.10. The molecule has 0 atom stereocenters. The van der Waals surface area contributed by atoms with Gasteiger partial charge in [-0.05, 0) is 72.8 Å². The number of anilines is 1. The molecule has 0 heterocycles. The van der Waals surface area contributed by atoms with Crippen LogP contribution in [0.15, 0.2) is 87.5 Å². The van der Waals surface area contributed by atoms with Gasteiger partial charge in [0, 0.05) is 10.0 Å². The number of carbonyl (C=O) groups excluding carboxylic acids is 2. The smallest absolute Gasteiger partial charge is 0.362 e. The van der Waals surface area contributed by atoms with E-state index in [1.165, 1.54) is 0 Å². The number of halogens is 1. The Kier molecular flexibility index (Phi) is 6.70. The van der Waals surface area contributed by atoms with Crippen molar-refractivity contribution in [3.63, 3.8) is 0 Å². The third-order valence-corrected chi connectivity index (χ3v) is 4.33. The normalized spacial score (nSPS) is 10.6. The van der Waals surface area contributed by atoms with Crippen LogP contribution in [0.25, 0.3) is 0 Å². The number of ether oxygens (including phenoxy) is 1. The van der Waals surface area contributed by atoms with Crippen molar-refractivity contribution in [2.75, 3.05) is 12.6 Å². The first-order chi connectivity index (χ1) is 14.0. The predicted molar refractivity (Wildman–Crippen MR) is 111 cm³/mol. The van der Waals surface area contributed by atoms with Gasteiger partial charge in [-0.15, -0.1) is 10.2 Å². The molecule has 3 aromatic rings. The first-order valence-electron chi connectivity index (χ1n) is 8.48. The first-order valence-corrected chi connectivity index (χ1v) is 9.27. The first kappa shape index (κ1) is 20.2. The molecular formula is C21H16BrN3O4. The van der Waals surface area contributed by atoms with Gasteiger partial charge in [-0.2, -0.15) is 0 Å². The molecular weight excluding hydrogens is 438 g/mol. The fraction of sp³-hybridized carbons (Fsp3) is 0.0476. The Morgan fingerprint density at radius 2 is 1.48 bits per heavy atom. The average molecular weight is 454 g/mol. The van der Waals surface area contributed by atoms with Gasteiger partial charge in [0.1, 0.15) is 5.75 Å². The maximum absolute atomic E-state index is 12.0. The highest BCUT2D eigenvalue weighted by molar-refractivity contribution is 9.10. The number of nitrogens with zero attached hydrogens (tertiary/aromatic N) is 2. The predicted octanol–water partition coefficient (Wildman–Crippen LogP) is 5.57. The molecule has 8 heteroatoms. The highest BCUT2D eigenvalue weighted by Crippen LogP contribution is 2.18. The van der Waals surface area contributed by atoms with E-state index in [1.807, 2.05) is 0 Å². The SMILES string of the molecule is COc1ccc(C(=O)ONc2ccc(N=NC(=O)c3ccc(Br)cc3)cc2)cc1. The maximum atomic E-state index is 12.0. The lowest BCUT2D eigenvalue weighted by Gasteiger charge is -2.07. The molecule has 0 saturated carbocycles. The Balaban J connectivity index is 1.54. The second-order valence-electron chi connectivity index (χ2n) is 5.78. The Hall–Kier alpha value is -3.52. The van der Waals surface area contributed by atoms with E-state index in [9.17, 15) is 9.59 Å². The molecule has 0 spiro atoms. The minimum atomic E-state index is -0.531. The van der Waals surface area contributed by atoms with Crippen molar-refractivity contribution in [3.05, 3.63) is 88.4 Å². The van der Waals surface area contributed by atoms with Crippen LogP contribution in [-0.4, -0.2) is 19.0 Å². The van der Waals surface area contributed by atoms with E-state index in [4.69, 9.17) is 9.57 Å². The van der Waals surface area contributed by atoms with Crippen LogP contribution in [0.1, 0.15) is 20.7 Å². The van der Waals surface area contributed by atoms with Gasteiger partial charge in [-0.3, -0.25) is 4.79 Å². The van der Waals surface area contributed by atoms with Gasteiger partial charge >= 0.3 is 5.97 Å². The Morgan fingerprint density at radius 3 is 2.10 bits per heavy atom. The standard InChI is InChI=1S/C21H16BrN3O4/c1-28-19-12-4-15(5-13-19)21(27)29-25-18-10-8-17(9-11-18)23-24-20(26)14-2-6-16(22)7-3-14/h2-13,25H,1H3. The van der Waals surface area contributed by atoms with E-state index in [0.717, 1.165) is 4.47 Å². The van der Waals surface area contributed by atoms with Gasteiger partial charge in [0.05, 0.1) is 24.0 Å². The van der Waals surface area contributed by atoms with E-state index in [1.54, 1.807) is 79.9 Å². The van der Waals surface area contributed by atoms with Crippen LogP contribution >= 0.6 is 15.9 Å². The van der Waals surface area contributed by atoms with Crippen LogP contribution in [-0.2, 0) is 4.84 Å². The number of rotatable bonds is 6. The Morgan fingerprint density at radius 1 is 0.862 bits per heavy atom. The molecule has 1 amide bonds. The third-order valence-electron chi connectivity index (χ3n) is 3.80. The van der Waals surface area contributed by atoms with E-state index in [0.29, 0.717) is 28.3 Å². The van der Waals surface area contributed by atoms with Crippen molar-refractivity contribution in [1.29, 1.82) is 0 Å². The minimum absolute atomic E-state index is 0.384. The molecule has 0 bridgehead atoms. The van der Waals surface area contributed by atoms with Gasteiger partial charge in [-0.1, -0.05) is 15.9 Å². The molecule has 0 aliphatic heterocycles. The Bertz CT molecular complexity index is 1020. The number of nitrogens with one attached hydrogen (secondary N) is 1. The second kappa shape index (κ2) is 9.61. The van der Waals surface area contributed by atoms with Crippen LogP contribution in [0.3, 0.4) is 0 Å². The lowest BCUT2D eigenvalue weighted by atomic mass is 10.2. The summed E-state index contributed by atoms with van der Waals surface area (Å²) in [5.74, 6) is -0.317. The number of methoxy groups -OCH3 is 1. The van der Waals surface area contributed by atoms with Crippen LogP contribution in [0.5, 0.6) is 5.75 Å². The summed E-state index contributed by atoms with van der Waals surface area (Å²) in [4.78, 5) is 29.1. The molecule has 7 nitrogen and oxygen atoms in total. The second-order valence-corrected chi connectivity index (χ2v) is 6.69. The molecule has 0 aromatic heterocycles. The van der Waals surface area contributed by atoms with Crippen molar-refractivity contribution in [1.82, 2.24) is 0 Å². The number of hydrogen-bond acceptors (Lipinski definition) is 6. The van der Waals surface area contributed by atoms with Gasteiger partial charge < -0.3 is 9.57 Å². The van der Waals surface area contributed by atoms with Crippen molar-refractivity contribution in [2.45, 2.75) is 0 Å². The zero-order chi connectivity index (χ0) is 20.6. The van der Waals surface area contributed by atoms with E-state index in [-0.39, 0.29) is 0 Å². The molecule has 0 unspecified atom stereocenters. The number of carbonyl (C=O) groups is 2. The third kappa shape index (κ3) is 5.73. The van der Waals surface area contributed by atoms with Crippen molar-refractivity contribution < 1.29 is 19.2 Å². The Labute approximate surface area is 175 Å². The molecule has 29 heavy (non-hydrogen) atoms. The quantitative estimate of drug-likeness (QED) is 0.389. The van der Waals surface area contributed by atoms with Crippen molar-refractivity contribution >= 4 is 39.2 Å². The summed E-state index contributed by atoms with van der Waals surface area (Å²) in [7, 11) is 1.55. The average Bonchev–Trinajstić information content (AvgIpc) is 2.77. The number of benzene rings is 3. The maximum Gasteiger partial charge on any atom is 0.362 e. The lowest BCUT2D eigenvalue weighted by molar-refractivity contribution is 0.0596. The van der Waals surface area contributed by atoms with Crippen molar-refractivity contribution in [3.8, 4) is 5.75 Å². The van der Waals surface area contributed by atoms with E-state index in [2.05, 4.69) is 31.6 Å². The molecule has 3 rings (SSSR count). The number of azo groups is 1. The summed E-state index contributed by atoms with van der Waals surface area (Å²) in [6.07, 6.45) is 0. The largest absolute Gasteiger partial charge is 0.497 e. The molecule has 0 aliphatic rings. The fourth-order valence-electron chi connectivity index (χ4n) is 2.24. The summed E-state index contributed by atoms with van der Waals surface area (Å²) in [5, 5.41) is 7.63. The molecule has 146 valence electrons. The number of hydrogen-bond donors (Lipinski definition) is 1. The highest BCUT2D eigenvalue weighted by atomic mass is 79.9. The van der Waals surface area contributed by atoms with Gasteiger partial charge in [0.25, 0.3) is 5.91 Å². The summed E-state index contributed by atoms with van der Waals surface area (Å²) >= 11 is 3.31. The monoisotopic (exact) mass is 453 g/mol. The van der Waals surface area contributed by atoms with Gasteiger partial charge in [0.2, 0.25) is 0 Å². The fourth-order valence-corrected chi connectivity index (χ4v) is 2.51. The molecule has 1 N–H and O–H groups in total. The summed E-state index contributed by atoms with van der Waals surface area (Å²) in [5.41, 5.74) is 4.43. The summed E-state index contributed by atoms with van der Waals surface area (Å²) < 4.78 is 5.92. The van der Waals surface area contributed by atoms with Crippen LogP contribution < -0.4 is 10.2 Å². The van der Waals surface area contributed by atoms with Crippen LogP contribution in [0.4, 0.5) is 11.4 Å². The highest BCUT2D eigenvalue weighted by Gasteiger charge is 2.08. The molecule has 0 radical (unpaired) electrons. The number of amides is 1. The van der Waals surface area contributed by atoms with Crippen LogP contribution in [0, 0.1) is 0 Å². The van der Waals surface area contributed by atoms with Crippen LogP contribution in [0.2, 0.25) is 0 Å². The van der Waals surface area contributed by atoms with Gasteiger partial charge in [-0.25, -0.2) is 10.3 Å². The molecule has 3 aromatic carbocycles. The topological polar surface area (TPSA) is 89.3 Å². The van der Waals surface area contributed by atoms with Gasteiger partial charge in [0.15, 0.2) is 0 Å². The zero-order valence-corrected chi connectivity index (χ0v) is 16.9. The molecule has 0 aliphatic carbocycles. The molecule has 0 saturated heterocycles. The summed E-state index contributed by atoms with van der Waals surface area (Å²) in [6.45, 7) is 0. The zero-order valence-electron chi connectivity index (χ0n) is 15.3. The van der Waals surface area contributed by atoms with E-state index < -0.39 is 11.9 Å². The van der Waals surface area contributed by atoms with E-state index >= 15 is 0 Å². The minimum Gasteiger partial charge on any atom is -0.497 e. The van der Waals surface area contributed by atoms with Crippen molar-refractivity contribution in [2.24, 2.45) is 10.2 Å².